The number of ether oxygens (including phenoxy) is 1. The molecule has 0 fully saturated rings. The number of benzene rings is 1. The van der Waals surface area contributed by atoms with Crippen LogP contribution in [0.5, 0.6) is 5.75 Å². The molecule has 0 unspecified atom stereocenters. The minimum absolute atomic E-state index is 0.422. The van der Waals surface area contributed by atoms with Gasteiger partial charge in [-0.05, 0) is 68.0 Å². The van der Waals surface area contributed by atoms with Crippen LogP contribution in [0.1, 0.15) is 57.6 Å². The summed E-state index contributed by atoms with van der Waals surface area (Å²) in [6, 6.07) is 4.11. The van der Waals surface area contributed by atoms with Gasteiger partial charge in [0.05, 0.1) is 6.61 Å². The lowest BCUT2D eigenvalue weighted by atomic mass is 10.0. The van der Waals surface area contributed by atoms with Crippen LogP contribution in [0.25, 0.3) is 0 Å². The van der Waals surface area contributed by atoms with Gasteiger partial charge < -0.3 is 10.1 Å². The highest BCUT2D eigenvalue weighted by Crippen LogP contribution is 2.32. The number of rotatable bonds is 9. The van der Waals surface area contributed by atoms with Gasteiger partial charge in [-0.2, -0.15) is 0 Å². The van der Waals surface area contributed by atoms with Crippen LogP contribution < -0.4 is 10.1 Å². The summed E-state index contributed by atoms with van der Waals surface area (Å²) in [5.41, 5.74) is 2.28. The van der Waals surface area contributed by atoms with Crippen LogP contribution in [0.2, 0.25) is 5.02 Å². The van der Waals surface area contributed by atoms with E-state index in [1.165, 1.54) is 5.56 Å². The first-order valence-corrected chi connectivity index (χ1v) is 8.43. The average Bonchev–Trinajstić information content (AvgIpc) is 2.40. The summed E-state index contributed by atoms with van der Waals surface area (Å²) >= 11 is 6.21. The van der Waals surface area contributed by atoms with Crippen LogP contribution in [0.4, 0.5) is 0 Å². The molecule has 0 atom stereocenters. The molecule has 0 heterocycles. The molecule has 120 valence electrons. The van der Waals surface area contributed by atoms with E-state index in [0.717, 1.165) is 48.9 Å². The topological polar surface area (TPSA) is 21.3 Å². The smallest absolute Gasteiger partial charge is 0.123 e. The Morgan fingerprint density at radius 3 is 2.48 bits per heavy atom. The second-order valence-electron chi connectivity index (χ2n) is 6.45. The van der Waals surface area contributed by atoms with E-state index in [1.807, 2.05) is 13.0 Å². The van der Waals surface area contributed by atoms with Crippen molar-refractivity contribution in [1.82, 2.24) is 5.32 Å². The Balaban J connectivity index is 2.39. The second-order valence-corrected chi connectivity index (χ2v) is 6.85. The standard InChI is InChI=1S/C18H30ClNO/c1-13(2)12-20-8-6-7-9-21-18-10-15(5)17(19)11-16(18)14(3)4/h10-11,13-14,20H,6-9,12H2,1-5H3. The SMILES string of the molecule is Cc1cc(OCCCCNCC(C)C)c(C(C)C)cc1Cl. The van der Waals surface area contributed by atoms with Crippen LogP contribution in [0.3, 0.4) is 0 Å². The molecule has 0 saturated heterocycles. The number of unbranched alkanes of at least 4 members (excludes halogenated alkanes) is 1. The second kappa shape index (κ2) is 9.32. The fourth-order valence-corrected chi connectivity index (χ4v) is 2.34. The molecule has 0 aliphatic carbocycles. The van der Waals surface area contributed by atoms with Gasteiger partial charge in [-0.25, -0.2) is 0 Å². The highest BCUT2D eigenvalue weighted by molar-refractivity contribution is 6.31. The van der Waals surface area contributed by atoms with Gasteiger partial charge >= 0.3 is 0 Å². The lowest BCUT2D eigenvalue weighted by Crippen LogP contribution is -2.21. The highest BCUT2D eigenvalue weighted by Gasteiger charge is 2.10. The number of aryl methyl sites for hydroxylation is 1. The molecule has 0 aliphatic rings. The summed E-state index contributed by atoms with van der Waals surface area (Å²) in [6.45, 7) is 13.7. The van der Waals surface area contributed by atoms with Crippen molar-refractivity contribution in [3.05, 3.63) is 28.3 Å². The Morgan fingerprint density at radius 2 is 1.86 bits per heavy atom. The van der Waals surface area contributed by atoms with Crippen molar-refractivity contribution >= 4 is 11.6 Å². The normalized spacial score (nSPS) is 11.4. The van der Waals surface area contributed by atoms with E-state index < -0.39 is 0 Å². The van der Waals surface area contributed by atoms with E-state index in [4.69, 9.17) is 16.3 Å². The number of halogens is 1. The first kappa shape index (κ1) is 18.3. The minimum atomic E-state index is 0.422. The Labute approximate surface area is 135 Å². The zero-order chi connectivity index (χ0) is 15.8. The van der Waals surface area contributed by atoms with Gasteiger partial charge in [0, 0.05) is 5.02 Å². The van der Waals surface area contributed by atoms with Crippen molar-refractivity contribution in [3.8, 4) is 5.75 Å². The monoisotopic (exact) mass is 311 g/mol. The van der Waals surface area contributed by atoms with Crippen LogP contribution in [-0.4, -0.2) is 19.7 Å². The molecule has 0 bridgehead atoms. The Bertz CT molecular complexity index is 429. The zero-order valence-corrected chi connectivity index (χ0v) is 14.9. The van der Waals surface area contributed by atoms with E-state index in [2.05, 4.69) is 39.1 Å². The predicted molar refractivity (Wildman–Crippen MR) is 92.7 cm³/mol. The van der Waals surface area contributed by atoms with E-state index in [-0.39, 0.29) is 0 Å². The van der Waals surface area contributed by atoms with Crippen molar-refractivity contribution in [2.24, 2.45) is 5.92 Å². The van der Waals surface area contributed by atoms with Crippen molar-refractivity contribution in [1.29, 1.82) is 0 Å². The average molecular weight is 312 g/mol. The molecule has 0 radical (unpaired) electrons. The van der Waals surface area contributed by atoms with E-state index in [0.29, 0.717) is 11.8 Å². The summed E-state index contributed by atoms with van der Waals surface area (Å²) in [4.78, 5) is 0. The maximum Gasteiger partial charge on any atom is 0.123 e. The van der Waals surface area contributed by atoms with Gasteiger partial charge in [0.25, 0.3) is 0 Å². The van der Waals surface area contributed by atoms with Crippen molar-refractivity contribution < 1.29 is 4.74 Å². The molecular formula is C18H30ClNO. The maximum atomic E-state index is 6.21. The molecule has 0 amide bonds. The Kier molecular flexibility index (Phi) is 8.13. The molecule has 0 aromatic heterocycles. The third-order valence-corrected chi connectivity index (χ3v) is 3.88. The van der Waals surface area contributed by atoms with Gasteiger partial charge in [0.15, 0.2) is 0 Å². The molecule has 1 aromatic carbocycles. The van der Waals surface area contributed by atoms with E-state index >= 15 is 0 Å². The predicted octanol–water partition coefficient (Wildman–Crippen LogP) is 5.18. The lowest BCUT2D eigenvalue weighted by Gasteiger charge is -2.16. The molecule has 2 nitrogen and oxygen atoms in total. The Morgan fingerprint density at radius 1 is 1.14 bits per heavy atom. The van der Waals surface area contributed by atoms with Crippen LogP contribution >= 0.6 is 11.6 Å². The largest absolute Gasteiger partial charge is 0.493 e. The van der Waals surface area contributed by atoms with Crippen LogP contribution in [0.15, 0.2) is 12.1 Å². The summed E-state index contributed by atoms with van der Waals surface area (Å²) in [5.74, 6) is 2.12. The first-order valence-electron chi connectivity index (χ1n) is 8.05. The third-order valence-electron chi connectivity index (χ3n) is 3.47. The van der Waals surface area contributed by atoms with Gasteiger partial charge in [-0.15, -0.1) is 0 Å². The maximum absolute atomic E-state index is 6.21. The fourth-order valence-electron chi connectivity index (χ4n) is 2.17. The molecule has 0 aliphatic heterocycles. The van der Waals surface area contributed by atoms with Crippen LogP contribution in [-0.2, 0) is 0 Å². The summed E-state index contributed by atoms with van der Waals surface area (Å²) in [5, 5.41) is 4.28. The zero-order valence-electron chi connectivity index (χ0n) is 14.1. The number of nitrogens with one attached hydrogen (secondary N) is 1. The van der Waals surface area contributed by atoms with Gasteiger partial charge in [-0.1, -0.05) is 39.3 Å². The minimum Gasteiger partial charge on any atom is -0.493 e. The van der Waals surface area contributed by atoms with Crippen LogP contribution in [0, 0.1) is 12.8 Å². The van der Waals surface area contributed by atoms with Gasteiger partial charge in [-0.3, -0.25) is 0 Å². The van der Waals surface area contributed by atoms with Crippen molar-refractivity contribution in [2.75, 3.05) is 19.7 Å². The van der Waals surface area contributed by atoms with Crippen molar-refractivity contribution in [2.45, 2.75) is 53.4 Å². The summed E-state index contributed by atoms with van der Waals surface area (Å²) in [6.07, 6.45) is 2.22. The van der Waals surface area contributed by atoms with E-state index in [9.17, 15) is 0 Å². The molecule has 21 heavy (non-hydrogen) atoms. The van der Waals surface area contributed by atoms with Gasteiger partial charge in [0.2, 0.25) is 0 Å². The molecule has 1 N–H and O–H groups in total. The highest BCUT2D eigenvalue weighted by atomic mass is 35.5. The van der Waals surface area contributed by atoms with Gasteiger partial charge in [0.1, 0.15) is 5.75 Å². The van der Waals surface area contributed by atoms with E-state index in [1.54, 1.807) is 0 Å². The lowest BCUT2D eigenvalue weighted by molar-refractivity contribution is 0.301. The molecular weight excluding hydrogens is 282 g/mol. The molecule has 1 aromatic rings. The summed E-state index contributed by atoms with van der Waals surface area (Å²) < 4.78 is 5.98. The number of hydrogen-bond acceptors (Lipinski definition) is 2. The molecule has 1 rings (SSSR count). The van der Waals surface area contributed by atoms with Crippen molar-refractivity contribution in [3.63, 3.8) is 0 Å². The first-order chi connectivity index (χ1) is 9.91. The molecule has 3 heteroatoms. The summed E-state index contributed by atoms with van der Waals surface area (Å²) in [7, 11) is 0. The molecule has 0 saturated carbocycles. The fraction of sp³-hybridized carbons (Fsp3) is 0.667. The number of hydrogen-bond donors (Lipinski definition) is 1. The third kappa shape index (κ3) is 6.71. The molecule has 0 spiro atoms. The quantitative estimate of drug-likeness (QED) is 0.635. The Hall–Kier alpha value is -0.730.